The van der Waals surface area contributed by atoms with Crippen LogP contribution in [-0.4, -0.2) is 58.6 Å². The van der Waals surface area contributed by atoms with E-state index >= 15 is 0 Å². The lowest BCUT2D eigenvalue weighted by Gasteiger charge is -2.30. The monoisotopic (exact) mass is 303 g/mol. The number of aliphatic carboxylic acids is 1. The van der Waals surface area contributed by atoms with E-state index in [9.17, 15) is 14.4 Å². The maximum Gasteiger partial charge on any atom is 0.323 e. The zero-order valence-corrected chi connectivity index (χ0v) is 12.3. The molecule has 0 aliphatic heterocycles. The number of thioether (sulfide) groups is 1. The van der Waals surface area contributed by atoms with Crippen LogP contribution in [0.4, 0.5) is 4.79 Å². The van der Waals surface area contributed by atoms with Gasteiger partial charge in [0.25, 0.3) is 0 Å². The molecule has 3 amide bonds. The number of primary amides is 1. The molecule has 0 unspecified atom stereocenters. The van der Waals surface area contributed by atoms with Crippen molar-refractivity contribution in [1.29, 1.82) is 0 Å². The molecule has 0 bridgehead atoms. The number of carboxylic acids is 1. The second-order valence-electron chi connectivity index (χ2n) is 4.87. The number of hydrogen-bond donors (Lipinski definition) is 3. The Morgan fingerprint density at radius 3 is 2.30 bits per heavy atom. The third-order valence-corrected chi connectivity index (χ3v) is 4.43. The lowest BCUT2D eigenvalue weighted by Crippen LogP contribution is -2.50. The van der Waals surface area contributed by atoms with E-state index < -0.39 is 31.0 Å². The minimum atomic E-state index is -1.17. The molecule has 0 heterocycles. The van der Waals surface area contributed by atoms with Crippen LogP contribution in [0.2, 0.25) is 0 Å². The first kappa shape index (κ1) is 16.6. The summed E-state index contributed by atoms with van der Waals surface area (Å²) in [4.78, 5) is 34.5. The van der Waals surface area contributed by atoms with Crippen LogP contribution < -0.4 is 11.1 Å². The highest BCUT2D eigenvalue weighted by Crippen LogP contribution is 2.26. The van der Waals surface area contributed by atoms with Crippen molar-refractivity contribution < 1.29 is 19.5 Å². The molecule has 0 saturated heterocycles. The Labute approximate surface area is 122 Å². The van der Waals surface area contributed by atoms with E-state index in [-0.39, 0.29) is 6.04 Å². The second-order valence-corrected chi connectivity index (χ2v) is 6.01. The van der Waals surface area contributed by atoms with Gasteiger partial charge in [0.1, 0.15) is 13.1 Å². The van der Waals surface area contributed by atoms with Gasteiger partial charge in [0, 0.05) is 11.3 Å². The van der Waals surface area contributed by atoms with E-state index in [0.717, 1.165) is 30.6 Å². The summed E-state index contributed by atoms with van der Waals surface area (Å²) in [6.45, 7) is -0.923. The molecule has 1 fully saturated rings. The first-order chi connectivity index (χ1) is 9.42. The SMILES string of the molecule is CSC1CCC(NC(=O)N(CC(N)=O)CC(=O)O)CC1. The first-order valence-electron chi connectivity index (χ1n) is 6.50. The van der Waals surface area contributed by atoms with Crippen LogP contribution in [0, 0.1) is 0 Å². The summed E-state index contributed by atoms with van der Waals surface area (Å²) in [5, 5.41) is 12.2. The predicted octanol–water partition coefficient (Wildman–Crippen LogP) is 0.242. The molecule has 0 aromatic heterocycles. The number of carbonyl (C=O) groups excluding carboxylic acids is 2. The summed E-state index contributed by atoms with van der Waals surface area (Å²) >= 11 is 1.83. The molecule has 0 spiro atoms. The maximum atomic E-state index is 12.0. The summed E-state index contributed by atoms with van der Waals surface area (Å²) in [5.74, 6) is -1.90. The molecular formula is C12H21N3O4S. The standard InChI is InChI=1S/C12H21N3O4S/c1-20-9-4-2-8(3-5-9)14-12(19)15(6-10(13)16)7-11(17)18/h8-9H,2-7H2,1H3,(H2,13,16)(H,14,19)(H,17,18). The highest BCUT2D eigenvalue weighted by atomic mass is 32.2. The van der Waals surface area contributed by atoms with Crippen LogP contribution in [-0.2, 0) is 9.59 Å². The Morgan fingerprint density at radius 2 is 1.85 bits per heavy atom. The van der Waals surface area contributed by atoms with Gasteiger partial charge in [-0.05, 0) is 31.9 Å². The third-order valence-electron chi connectivity index (χ3n) is 3.30. The van der Waals surface area contributed by atoms with Gasteiger partial charge in [0.2, 0.25) is 5.91 Å². The fourth-order valence-electron chi connectivity index (χ4n) is 2.26. The molecule has 4 N–H and O–H groups in total. The van der Waals surface area contributed by atoms with Crippen LogP contribution in [0.1, 0.15) is 25.7 Å². The number of nitrogens with one attached hydrogen (secondary N) is 1. The topological polar surface area (TPSA) is 113 Å². The van der Waals surface area contributed by atoms with Crippen molar-refractivity contribution in [2.75, 3.05) is 19.3 Å². The van der Waals surface area contributed by atoms with Crippen molar-refractivity contribution in [3.8, 4) is 0 Å². The smallest absolute Gasteiger partial charge is 0.323 e. The fourth-order valence-corrected chi connectivity index (χ4v) is 3.00. The number of urea groups is 1. The number of carboxylic acid groups (broad SMARTS) is 1. The molecule has 0 radical (unpaired) electrons. The third kappa shape index (κ3) is 5.68. The summed E-state index contributed by atoms with van der Waals surface area (Å²) in [6.07, 6.45) is 5.87. The van der Waals surface area contributed by atoms with E-state index in [4.69, 9.17) is 10.8 Å². The predicted molar refractivity (Wildman–Crippen MR) is 76.5 cm³/mol. The Morgan fingerprint density at radius 1 is 1.25 bits per heavy atom. The van der Waals surface area contributed by atoms with Crippen molar-refractivity contribution in [2.24, 2.45) is 5.73 Å². The van der Waals surface area contributed by atoms with Crippen molar-refractivity contribution in [1.82, 2.24) is 10.2 Å². The highest BCUT2D eigenvalue weighted by Gasteiger charge is 2.25. The molecule has 1 saturated carbocycles. The Hall–Kier alpha value is -1.44. The number of carbonyl (C=O) groups is 3. The van der Waals surface area contributed by atoms with Crippen molar-refractivity contribution in [3.63, 3.8) is 0 Å². The van der Waals surface area contributed by atoms with Crippen LogP contribution in [0.15, 0.2) is 0 Å². The van der Waals surface area contributed by atoms with E-state index in [1.54, 1.807) is 0 Å². The van der Waals surface area contributed by atoms with Crippen molar-refractivity contribution in [2.45, 2.75) is 37.0 Å². The number of nitrogens with zero attached hydrogens (tertiary/aromatic N) is 1. The number of rotatable bonds is 6. The van der Waals surface area contributed by atoms with Gasteiger partial charge in [-0.15, -0.1) is 0 Å². The van der Waals surface area contributed by atoms with Crippen molar-refractivity contribution >= 4 is 29.7 Å². The van der Waals surface area contributed by atoms with Gasteiger partial charge < -0.3 is 21.1 Å². The average molecular weight is 303 g/mol. The number of nitrogens with two attached hydrogens (primary N) is 1. The second kappa shape index (κ2) is 7.98. The zero-order valence-electron chi connectivity index (χ0n) is 11.5. The lowest BCUT2D eigenvalue weighted by molar-refractivity contribution is -0.137. The highest BCUT2D eigenvalue weighted by molar-refractivity contribution is 7.99. The summed E-state index contributed by atoms with van der Waals surface area (Å²) < 4.78 is 0. The van der Waals surface area contributed by atoms with Crippen LogP contribution in [0.3, 0.4) is 0 Å². The molecule has 20 heavy (non-hydrogen) atoms. The van der Waals surface area contributed by atoms with Gasteiger partial charge in [-0.25, -0.2) is 4.79 Å². The minimum Gasteiger partial charge on any atom is -0.480 e. The normalized spacial score (nSPS) is 22.1. The quantitative estimate of drug-likeness (QED) is 0.650. The van der Waals surface area contributed by atoms with Gasteiger partial charge in [0.15, 0.2) is 0 Å². The number of amides is 3. The van der Waals surface area contributed by atoms with E-state index in [1.165, 1.54) is 0 Å². The Balaban J connectivity index is 2.49. The average Bonchev–Trinajstić information content (AvgIpc) is 2.37. The molecule has 1 rings (SSSR count). The molecule has 0 atom stereocenters. The van der Waals surface area contributed by atoms with Crippen LogP contribution >= 0.6 is 11.8 Å². The van der Waals surface area contributed by atoms with Crippen LogP contribution in [0.25, 0.3) is 0 Å². The van der Waals surface area contributed by atoms with Crippen LogP contribution in [0.5, 0.6) is 0 Å². The first-order valence-corrected chi connectivity index (χ1v) is 7.79. The maximum absolute atomic E-state index is 12.0. The molecule has 8 heteroatoms. The molecule has 0 aromatic rings. The van der Waals surface area contributed by atoms with E-state index in [2.05, 4.69) is 11.6 Å². The largest absolute Gasteiger partial charge is 0.480 e. The Kier molecular flexibility index (Phi) is 6.63. The molecule has 1 aliphatic rings. The van der Waals surface area contributed by atoms with Gasteiger partial charge in [0.05, 0.1) is 0 Å². The van der Waals surface area contributed by atoms with Gasteiger partial charge in [-0.1, -0.05) is 0 Å². The van der Waals surface area contributed by atoms with E-state index in [1.807, 2.05) is 11.8 Å². The summed E-state index contributed by atoms with van der Waals surface area (Å²) in [7, 11) is 0. The van der Waals surface area contributed by atoms with Gasteiger partial charge >= 0.3 is 12.0 Å². The van der Waals surface area contributed by atoms with Gasteiger partial charge in [-0.2, -0.15) is 11.8 Å². The van der Waals surface area contributed by atoms with Crippen molar-refractivity contribution in [3.05, 3.63) is 0 Å². The molecular weight excluding hydrogens is 282 g/mol. The molecule has 1 aliphatic carbocycles. The summed E-state index contributed by atoms with van der Waals surface area (Å²) in [6, 6.07) is -0.506. The van der Waals surface area contributed by atoms with Gasteiger partial charge in [-0.3, -0.25) is 9.59 Å². The molecule has 114 valence electrons. The minimum absolute atomic E-state index is 0.0371. The molecule has 0 aromatic carbocycles. The Bertz CT molecular complexity index is 354. The summed E-state index contributed by atoms with van der Waals surface area (Å²) in [5.41, 5.74) is 5.02. The number of hydrogen-bond acceptors (Lipinski definition) is 4. The fraction of sp³-hybridized carbons (Fsp3) is 0.750. The zero-order chi connectivity index (χ0) is 15.1. The lowest BCUT2D eigenvalue weighted by atomic mass is 9.95. The molecule has 7 nitrogen and oxygen atoms in total. The van der Waals surface area contributed by atoms with E-state index in [0.29, 0.717) is 5.25 Å².